The Kier molecular flexibility index (Phi) is 3.15. The number of hydrogen-bond acceptors (Lipinski definition) is 3. The van der Waals surface area contributed by atoms with E-state index < -0.39 is 24.5 Å². The van der Waals surface area contributed by atoms with Crippen molar-refractivity contribution in [3.63, 3.8) is 0 Å². The number of nitrogens with one attached hydrogen (secondary N) is 1. The lowest BCUT2D eigenvalue weighted by Crippen LogP contribution is -2.37. The van der Waals surface area contributed by atoms with Crippen LogP contribution in [0.1, 0.15) is 6.92 Å². The maximum absolute atomic E-state index is 12.0. The second-order valence-electron chi connectivity index (χ2n) is 3.08. The van der Waals surface area contributed by atoms with Crippen LogP contribution in [-0.4, -0.2) is 42.7 Å². The summed E-state index contributed by atoms with van der Waals surface area (Å²) < 4.78 is 40.7. The Morgan fingerprint density at radius 3 is 2.46 bits per heavy atom. The fraction of sp³-hybridized carbons (Fsp3) is 1.00. The third-order valence-electron chi connectivity index (χ3n) is 1.97. The molecule has 3 unspecified atom stereocenters. The van der Waals surface area contributed by atoms with Gasteiger partial charge >= 0.3 is 6.18 Å². The highest BCUT2D eigenvalue weighted by atomic mass is 19.4. The average molecular weight is 199 g/mol. The molecule has 1 heterocycles. The molecule has 0 spiro atoms. The Labute approximate surface area is 73.9 Å². The van der Waals surface area contributed by atoms with E-state index in [2.05, 4.69) is 10.1 Å². The molecule has 6 heteroatoms. The van der Waals surface area contributed by atoms with Gasteiger partial charge in [-0.25, -0.2) is 0 Å². The van der Waals surface area contributed by atoms with Crippen LogP contribution >= 0.6 is 0 Å². The number of alkyl halides is 3. The van der Waals surface area contributed by atoms with Gasteiger partial charge in [-0.2, -0.15) is 13.2 Å². The van der Waals surface area contributed by atoms with E-state index in [-0.39, 0.29) is 13.1 Å². The molecule has 1 saturated heterocycles. The molecule has 1 aliphatic rings. The van der Waals surface area contributed by atoms with Crippen molar-refractivity contribution in [2.75, 3.05) is 13.1 Å². The van der Waals surface area contributed by atoms with Gasteiger partial charge in [0, 0.05) is 13.1 Å². The lowest BCUT2D eigenvalue weighted by molar-refractivity contribution is -0.231. The third kappa shape index (κ3) is 2.82. The van der Waals surface area contributed by atoms with E-state index in [1.807, 2.05) is 0 Å². The Morgan fingerprint density at radius 1 is 1.46 bits per heavy atom. The van der Waals surface area contributed by atoms with Crippen molar-refractivity contribution in [2.24, 2.45) is 0 Å². The molecular formula is C7H12F3NO2. The zero-order valence-electron chi connectivity index (χ0n) is 7.14. The van der Waals surface area contributed by atoms with Crippen molar-refractivity contribution in [2.45, 2.75) is 31.4 Å². The maximum atomic E-state index is 12.0. The van der Waals surface area contributed by atoms with Crippen LogP contribution in [0.15, 0.2) is 0 Å². The van der Waals surface area contributed by atoms with Crippen LogP contribution in [0, 0.1) is 0 Å². The first-order valence-electron chi connectivity index (χ1n) is 4.02. The summed E-state index contributed by atoms with van der Waals surface area (Å²) >= 11 is 0. The molecule has 0 radical (unpaired) electrons. The predicted molar refractivity (Wildman–Crippen MR) is 39.3 cm³/mol. The van der Waals surface area contributed by atoms with Gasteiger partial charge in [-0.05, 0) is 6.92 Å². The summed E-state index contributed by atoms with van der Waals surface area (Å²) in [6, 6.07) is 0. The average Bonchev–Trinajstić information content (AvgIpc) is 2.34. The van der Waals surface area contributed by atoms with Gasteiger partial charge < -0.3 is 15.2 Å². The zero-order chi connectivity index (χ0) is 10.1. The van der Waals surface area contributed by atoms with Crippen molar-refractivity contribution in [3.05, 3.63) is 0 Å². The van der Waals surface area contributed by atoms with Crippen molar-refractivity contribution in [1.29, 1.82) is 0 Å². The molecule has 1 fully saturated rings. The predicted octanol–water partition coefficient (Wildman–Crippen LogP) is 0.287. The SMILES string of the molecule is CC(OC1CNCC1O)C(F)(F)F. The van der Waals surface area contributed by atoms with E-state index in [1.165, 1.54) is 0 Å². The van der Waals surface area contributed by atoms with Crippen molar-refractivity contribution < 1.29 is 23.0 Å². The molecule has 0 aliphatic carbocycles. The summed E-state index contributed by atoms with van der Waals surface area (Å²) in [4.78, 5) is 0. The van der Waals surface area contributed by atoms with Gasteiger partial charge in [0.1, 0.15) is 0 Å². The monoisotopic (exact) mass is 199 g/mol. The van der Waals surface area contributed by atoms with E-state index in [4.69, 9.17) is 5.11 Å². The van der Waals surface area contributed by atoms with Crippen LogP contribution in [0.4, 0.5) is 13.2 Å². The van der Waals surface area contributed by atoms with E-state index >= 15 is 0 Å². The molecule has 1 aliphatic heterocycles. The second-order valence-corrected chi connectivity index (χ2v) is 3.08. The van der Waals surface area contributed by atoms with Crippen LogP contribution in [0.25, 0.3) is 0 Å². The first kappa shape index (κ1) is 10.7. The van der Waals surface area contributed by atoms with E-state index in [1.54, 1.807) is 0 Å². The number of aliphatic hydroxyl groups excluding tert-OH is 1. The third-order valence-corrected chi connectivity index (χ3v) is 1.97. The number of β-amino-alcohol motifs (C(OH)–C–C–N with tert-alkyl or cyclic N) is 1. The largest absolute Gasteiger partial charge is 0.414 e. The highest BCUT2D eigenvalue weighted by molar-refractivity contribution is 4.82. The molecule has 0 aromatic heterocycles. The second kappa shape index (κ2) is 3.81. The Bertz CT molecular complexity index is 174. The number of hydrogen-bond donors (Lipinski definition) is 2. The molecule has 13 heavy (non-hydrogen) atoms. The van der Waals surface area contributed by atoms with Gasteiger partial charge in [-0.15, -0.1) is 0 Å². The normalized spacial score (nSPS) is 32.1. The molecule has 0 amide bonds. The first-order valence-corrected chi connectivity index (χ1v) is 4.02. The minimum Gasteiger partial charge on any atom is -0.389 e. The molecular weight excluding hydrogens is 187 g/mol. The topological polar surface area (TPSA) is 41.5 Å². The highest BCUT2D eigenvalue weighted by Gasteiger charge is 2.40. The Morgan fingerprint density at radius 2 is 2.08 bits per heavy atom. The van der Waals surface area contributed by atoms with Crippen LogP contribution < -0.4 is 5.32 Å². The van der Waals surface area contributed by atoms with Crippen molar-refractivity contribution in [1.82, 2.24) is 5.32 Å². The van der Waals surface area contributed by atoms with E-state index in [0.29, 0.717) is 0 Å². The van der Waals surface area contributed by atoms with Gasteiger partial charge in [-0.3, -0.25) is 0 Å². The smallest absolute Gasteiger partial charge is 0.389 e. The molecule has 3 nitrogen and oxygen atoms in total. The maximum Gasteiger partial charge on any atom is 0.414 e. The van der Waals surface area contributed by atoms with Crippen molar-refractivity contribution >= 4 is 0 Å². The summed E-state index contributed by atoms with van der Waals surface area (Å²) in [6.45, 7) is 1.49. The van der Waals surface area contributed by atoms with Crippen LogP contribution in [0.5, 0.6) is 0 Å². The fourth-order valence-corrected chi connectivity index (χ4v) is 1.12. The molecule has 3 atom stereocenters. The highest BCUT2D eigenvalue weighted by Crippen LogP contribution is 2.24. The minimum absolute atomic E-state index is 0.265. The van der Waals surface area contributed by atoms with Crippen LogP contribution in [-0.2, 0) is 4.74 Å². The summed E-state index contributed by atoms with van der Waals surface area (Å²) in [7, 11) is 0. The summed E-state index contributed by atoms with van der Waals surface area (Å²) in [6.07, 6.45) is -7.78. The Balaban J connectivity index is 2.40. The van der Waals surface area contributed by atoms with E-state index in [9.17, 15) is 13.2 Å². The summed E-state index contributed by atoms with van der Waals surface area (Å²) in [5, 5.41) is 11.9. The molecule has 1 rings (SSSR count). The molecule has 78 valence electrons. The molecule has 2 N–H and O–H groups in total. The quantitative estimate of drug-likeness (QED) is 0.671. The molecule has 0 aromatic carbocycles. The van der Waals surface area contributed by atoms with Crippen LogP contribution in [0.3, 0.4) is 0 Å². The van der Waals surface area contributed by atoms with E-state index in [0.717, 1.165) is 6.92 Å². The number of rotatable bonds is 2. The minimum atomic E-state index is -4.36. The standard InChI is InChI=1S/C7H12F3NO2/c1-4(7(8,9)10)13-6-3-11-2-5(6)12/h4-6,11-12H,2-3H2,1H3. The number of halogens is 3. The van der Waals surface area contributed by atoms with Gasteiger partial charge in [-0.1, -0.05) is 0 Å². The fourth-order valence-electron chi connectivity index (χ4n) is 1.12. The summed E-state index contributed by atoms with van der Waals surface area (Å²) in [5.41, 5.74) is 0. The number of ether oxygens (including phenoxy) is 1. The van der Waals surface area contributed by atoms with Gasteiger partial charge in [0.15, 0.2) is 6.10 Å². The Hall–Kier alpha value is -0.330. The summed E-state index contributed by atoms with van der Waals surface area (Å²) in [5.74, 6) is 0. The lowest BCUT2D eigenvalue weighted by atomic mass is 10.2. The van der Waals surface area contributed by atoms with Gasteiger partial charge in [0.25, 0.3) is 0 Å². The van der Waals surface area contributed by atoms with Gasteiger partial charge in [0.2, 0.25) is 0 Å². The molecule has 0 aromatic rings. The van der Waals surface area contributed by atoms with Crippen molar-refractivity contribution in [3.8, 4) is 0 Å². The number of aliphatic hydroxyl groups is 1. The van der Waals surface area contributed by atoms with Crippen LogP contribution in [0.2, 0.25) is 0 Å². The zero-order valence-corrected chi connectivity index (χ0v) is 7.14. The lowest BCUT2D eigenvalue weighted by Gasteiger charge is -2.22. The van der Waals surface area contributed by atoms with Gasteiger partial charge in [0.05, 0.1) is 12.2 Å². The molecule has 0 bridgehead atoms. The first-order chi connectivity index (χ1) is 5.91. The molecule has 0 saturated carbocycles.